The zero-order valence-corrected chi connectivity index (χ0v) is 8.21. The van der Waals surface area contributed by atoms with Crippen LogP contribution in [-0.2, 0) is 0 Å². The van der Waals surface area contributed by atoms with Gasteiger partial charge < -0.3 is 5.11 Å². The highest BCUT2D eigenvalue weighted by atomic mass is 35.5. The van der Waals surface area contributed by atoms with Gasteiger partial charge in [-0.25, -0.2) is 4.79 Å². The van der Waals surface area contributed by atoms with Crippen molar-refractivity contribution in [3.8, 4) is 0 Å². The molecule has 0 spiro atoms. The third-order valence-corrected chi connectivity index (χ3v) is 2.32. The summed E-state index contributed by atoms with van der Waals surface area (Å²) in [5.41, 5.74) is -1.63. The maximum Gasteiger partial charge on any atom is 0.337 e. The maximum absolute atomic E-state index is 13.2. The van der Waals surface area contributed by atoms with Crippen LogP contribution < -0.4 is 0 Å². The van der Waals surface area contributed by atoms with Crippen LogP contribution in [0, 0.1) is 22.9 Å². The van der Waals surface area contributed by atoms with Gasteiger partial charge in [-0.05, 0) is 6.92 Å². The summed E-state index contributed by atoms with van der Waals surface area (Å²) in [5, 5.41) is 18.7. The summed E-state index contributed by atoms with van der Waals surface area (Å²) in [7, 11) is 0. The summed E-state index contributed by atoms with van der Waals surface area (Å²) < 4.78 is 13.2. The maximum atomic E-state index is 13.2. The van der Waals surface area contributed by atoms with Crippen molar-refractivity contribution in [3.63, 3.8) is 0 Å². The second-order valence-corrected chi connectivity index (χ2v) is 3.14. The van der Waals surface area contributed by atoms with E-state index in [4.69, 9.17) is 16.7 Å². The molecule has 0 heterocycles. The number of hydrogen-bond donors (Lipinski definition) is 1. The Morgan fingerprint density at radius 1 is 1.67 bits per heavy atom. The van der Waals surface area contributed by atoms with E-state index in [0.717, 1.165) is 0 Å². The van der Waals surface area contributed by atoms with Crippen LogP contribution in [0.15, 0.2) is 6.07 Å². The lowest BCUT2D eigenvalue weighted by molar-refractivity contribution is -0.387. The summed E-state index contributed by atoms with van der Waals surface area (Å²) in [5.74, 6) is -2.55. The molecule has 1 N–H and O–H groups in total. The highest BCUT2D eigenvalue weighted by Gasteiger charge is 2.24. The van der Waals surface area contributed by atoms with Crippen LogP contribution in [-0.4, -0.2) is 16.0 Å². The zero-order valence-electron chi connectivity index (χ0n) is 7.45. The standard InChI is InChI=1S/C8H5ClFNO4/c1-3-6(9)4(8(12)13)2-5(7(3)10)11(14)15/h2H,1H3,(H,12,13). The molecule has 0 aliphatic rings. The van der Waals surface area contributed by atoms with Gasteiger partial charge in [0.2, 0.25) is 5.82 Å². The Bertz CT molecular complexity index is 422. The Morgan fingerprint density at radius 2 is 2.20 bits per heavy atom. The molecule has 0 saturated heterocycles. The molecular formula is C8H5ClFNO4. The van der Waals surface area contributed by atoms with Gasteiger partial charge in [0.1, 0.15) is 0 Å². The van der Waals surface area contributed by atoms with Gasteiger partial charge in [0.05, 0.1) is 15.5 Å². The van der Waals surface area contributed by atoms with Crippen molar-refractivity contribution < 1.29 is 19.2 Å². The quantitative estimate of drug-likeness (QED) is 0.628. The average molecular weight is 234 g/mol. The fourth-order valence-corrected chi connectivity index (χ4v) is 1.26. The van der Waals surface area contributed by atoms with Crippen LogP contribution in [0.5, 0.6) is 0 Å². The number of halogens is 2. The van der Waals surface area contributed by atoms with Crippen molar-refractivity contribution in [2.75, 3.05) is 0 Å². The molecule has 15 heavy (non-hydrogen) atoms. The van der Waals surface area contributed by atoms with E-state index >= 15 is 0 Å². The van der Waals surface area contributed by atoms with Crippen molar-refractivity contribution in [1.82, 2.24) is 0 Å². The Morgan fingerprint density at radius 3 is 2.60 bits per heavy atom. The van der Waals surface area contributed by atoms with Crippen LogP contribution in [0.1, 0.15) is 15.9 Å². The van der Waals surface area contributed by atoms with Crippen molar-refractivity contribution >= 4 is 23.3 Å². The molecule has 0 bridgehead atoms. The minimum absolute atomic E-state index is 0.247. The highest BCUT2D eigenvalue weighted by Crippen LogP contribution is 2.30. The minimum Gasteiger partial charge on any atom is -0.478 e. The number of rotatable bonds is 2. The highest BCUT2D eigenvalue weighted by molar-refractivity contribution is 6.34. The lowest BCUT2D eigenvalue weighted by atomic mass is 10.1. The average Bonchev–Trinajstić information content (AvgIpc) is 2.13. The zero-order chi connectivity index (χ0) is 11.7. The fourth-order valence-electron chi connectivity index (χ4n) is 1.04. The van der Waals surface area contributed by atoms with Crippen LogP contribution in [0.25, 0.3) is 0 Å². The number of nitrogens with zero attached hydrogens (tertiary/aromatic N) is 1. The molecule has 80 valence electrons. The first-order valence-electron chi connectivity index (χ1n) is 3.72. The number of carboxylic acid groups (broad SMARTS) is 1. The number of benzene rings is 1. The van der Waals surface area contributed by atoms with Crippen molar-refractivity contribution in [1.29, 1.82) is 0 Å². The molecule has 0 radical (unpaired) electrons. The Balaban J connectivity index is 3.59. The minimum atomic E-state index is -1.44. The molecule has 0 aromatic heterocycles. The lowest BCUT2D eigenvalue weighted by Gasteiger charge is -2.04. The van der Waals surface area contributed by atoms with E-state index in [0.29, 0.717) is 6.07 Å². The van der Waals surface area contributed by atoms with Gasteiger partial charge >= 0.3 is 11.7 Å². The summed E-state index contributed by atoms with van der Waals surface area (Å²) in [6.45, 7) is 1.18. The predicted molar refractivity (Wildman–Crippen MR) is 49.8 cm³/mol. The first kappa shape index (κ1) is 11.4. The molecule has 0 aliphatic heterocycles. The van der Waals surface area contributed by atoms with Crippen molar-refractivity contribution in [3.05, 3.63) is 38.1 Å². The van der Waals surface area contributed by atoms with Gasteiger partial charge in [-0.2, -0.15) is 4.39 Å². The van der Waals surface area contributed by atoms with Crippen LogP contribution >= 0.6 is 11.6 Å². The molecule has 0 unspecified atom stereocenters. The van der Waals surface area contributed by atoms with Gasteiger partial charge in [0, 0.05) is 11.6 Å². The normalized spacial score (nSPS) is 10.1. The van der Waals surface area contributed by atoms with E-state index in [1.165, 1.54) is 6.92 Å². The van der Waals surface area contributed by atoms with Crippen LogP contribution in [0.3, 0.4) is 0 Å². The molecule has 5 nitrogen and oxygen atoms in total. The molecule has 7 heteroatoms. The Labute approximate surface area is 88.2 Å². The molecular weight excluding hydrogens is 229 g/mol. The molecule has 1 aromatic rings. The number of hydrogen-bond acceptors (Lipinski definition) is 3. The monoisotopic (exact) mass is 233 g/mol. The van der Waals surface area contributed by atoms with E-state index in [1.54, 1.807) is 0 Å². The molecule has 1 rings (SSSR count). The third kappa shape index (κ3) is 1.89. The number of carboxylic acids is 1. The molecule has 0 fully saturated rings. The Hall–Kier alpha value is -1.69. The summed E-state index contributed by atoms with van der Waals surface area (Å²) in [4.78, 5) is 20.0. The summed E-state index contributed by atoms with van der Waals surface area (Å²) in [6, 6.07) is 0.604. The second kappa shape index (κ2) is 3.82. The van der Waals surface area contributed by atoms with E-state index < -0.39 is 28.0 Å². The smallest absolute Gasteiger partial charge is 0.337 e. The van der Waals surface area contributed by atoms with Gasteiger partial charge in [0.25, 0.3) is 0 Å². The predicted octanol–water partition coefficient (Wildman–Crippen LogP) is 2.39. The van der Waals surface area contributed by atoms with Crippen molar-refractivity contribution in [2.24, 2.45) is 0 Å². The number of carbonyl (C=O) groups is 1. The topological polar surface area (TPSA) is 80.4 Å². The number of nitro groups is 1. The van der Waals surface area contributed by atoms with Crippen LogP contribution in [0.4, 0.5) is 10.1 Å². The van der Waals surface area contributed by atoms with E-state index in [-0.39, 0.29) is 10.6 Å². The number of aromatic carboxylic acids is 1. The lowest BCUT2D eigenvalue weighted by Crippen LogP contribution is -2.04. The van der Waals surface area contributed by atoms with Gasteiger partial charge in [-0.15, -0.1) is 0 Å². The summed E-state index contributed by atoms with van der Waals surface area (Å²) in [6.07, 6.45) is 0. The number of nitro benzene ring substituents is 1. The molecule has 1 aromatic carbocycles. The second-order valence-electron chi connectivity index (χ2n) is 2.76. The van der Waals surface area contributed by atoms with E-state index in [1.807, 2.05) is 0 Å². The van der Waals surface area contributed by atoms with E-state index in [9.17, 15) is 19.3 Å². The largest absolute Gasteiger partial charge is 0.478 e. The van der Waals surface area contributed by atoms with Gasteiger partial charge in [0.15, 0.2) is 0 Å². The van der Waals surface area contributed by atoms with Crippen molar-refractivity contribution in [2.45, 2.75) is 6.92 Å². The molecule has 0 saturated carbocycles. The van der Waals surface area contributed by atoms with Gasteiger partial charge in [-0.1, -0.05) is 11.6 Å². The van der Waals surface area contributed by atoms with E-state index in [2.05, 4.69) is 0 Å². The molecule has 0 atom stereocenters. The summed E-state index contributed by atoms with van der Waals surface area (Å²) >= 11 is 5.53. The van der Waals surface area contributed by atoms with Crippen LogP contribution in [0.2, 0.25) is 5.02 Å². The SMILES string of the molecule is Cc1c(F)c([N+](=O)[O-])cc(C(=O)O)c1Cl. The first-order valence-corrected chi connectivity index (χ1v) is 4.10. The third-order valence-electron chi connectivity index (χ3n) is 1.83. The molecule has 0 amide bonds. The Kier molecular flexibility index (Phi) is 2.90. The van der Waals surface area contributed by atoms with Gasteiger partial charge in [-0.3, -0.25) is 10.1 Å². The fraction of sp³-hybridized carbons (Fsp3) is 0.125. The first-order chi connectivity index (χ1) is 6.86. The molecule has 0 aliphatic carbocycles.